The summed E-state index contributed by atoms with van der Waals surface area (Å²) in [7, 11) is 0. The summed E-state index contributed by atoms with van der Waals surface area (Å²) in [6.07, 6.45) is 0. The number of nitrogens with zero attached hydrogens (tertiary/aromatic N) is 4. The highest BCUT2D eigenvalue weighted by molar-refractivity contribution is 6.18. The predicted octanol–water partition coefficient (Wildman–Crippen LogP) is 16.8. The first-order chi connectivity index (χ1) is 34.2. The molecule has 0 N–H and O–H groups in total. The van der Waals surface area contributed by atoms with Crippen LogP contribution in [0.3, 0.4) is 0 Å². The molecule has 322 valence electrons. The second kappa shape index (κ2) is 15.6. The molecule has 14 aromatic rings. The average molecular weight is 883 g/mol. The van der Waals surface area contributed by atoms with Crippen molar-refractivity contribution in [2.45, 2.75) is 0 Å². The third-order valence-corrected chi connectivity index (χ3v) is 13.4. The second-order valence-electron chi connectivity index (χ2n) is 17.5. The molecule has 0 atom stereocenters. The number of hydrogen-bond donors (Lipinski definition) is 0. The molecule has 0 saturated heterocycles. The third-order valence-electron chi connectivity index (χ3n) is 13.4. The molecule has 0 unspecified atom stereocenters. The van der Waals surface area contributed by atoms with Crippen molar-refractivity contribution in [3.8, 4) is 73.2 Å². The molecule has 0 aliphatic heterocycles. The zero-order valence-corrected chi connectivity index (χ0v) is 37.0. The van der Waals surface area contributed by atoms with Gasteiger partial charge in [-0.05, 0) is 88.0 Å². The van der Waals surface area contributed by atoms with Gasteiger partial charge < -0.3 is 13.4 Å². The highest BCUT2D eigenvalue weighted by atomic mass is 16.3. The Morgan fingerprint density at radius 1 is 0.275 bits per heavy atom. The van der Waals surface area contributed by atoms with Gasteiger partial charge in [-0.15, -0.1) is 0 Å². The number of fused-ring (bicyclic) bond motifs is 9. The second-order valence-corrected chi connectivity index (χ2v) is 17.5. The Morgan fingerprint density at radius 2 is 0.725 bits per heavy atom. The van der Waals surface area contributed by atoms with E-state index in [0.29, 0.717) is 17.5 Å². The summed E-state index contributed by atoms with van der Waals surface area (Å²) in [6, 6.07) is 80.4. The Kier molecular flexibility index (Phi) is 8.79. The standard InChI is InChI=1S/C63H38N4O2/c1-4-16-39(17-5-1)41-28-30-43(31-29-41)62-64-61(42-20-8-3-9-21-42)65-63(66-62)46-35-50(59-48-23-11-14-26-55(48)68-57(59)38-46)45-36-54(60-49-24-12-15-27-56(49)69-58(60)37-45)67-52-25-13-10-22-47(52)51-34-44(32-33-53(51)67)40-18-6-2-7-19-40/h1-38H. The molecule has 0 bridgehead atoms. The predicted molar refractivity (Wildman–Crippen MR) is 281 cm³/mol. The molecule has 6 nitrogen and oxygen atoms in total. The number of hydrogen-bond acceptors (Lipinski definition) is 5. The summed E-state index contributed by atoms with van der Waals surface area (Å²) < 4.78 is 16.0. The van der Waals surface area contributed by atoms with E-state index < -0.39 is 0 Å². The third kappa shape index (κ3) is 6.45. The van der Waals surface area contributed by atoms with Crippen LogP contribution < -0.4 is 0 Å². The molecule has 14 rings (SSSR count). The highest BCUT2D eigenvalue weighted by Crippen LogP contribution is 2.45. The zero-order chi connectivity index (χ0) is 45.4. The van der Waals surface area contributed by atoms with Crippen molar-refractivity contribution in [2.75, 3.05) is 0 Å². The molecule has 6 heteroatoms. The fourth-order valence-corrected chi connectivity index (χ4v) is 10.2. The van der Waals surface area contributed by atoms with Crippen LogP contribution in [0.15, 0.2) is 239 Å². The van der Waals surface area contributed by atoms with Crippen molar-refractivity contribution in [3.63, 3.8) is 0 Å². The van der Waals surface area contributed by atoms with E-state index in [4.69, 9.17) is 23.8 Å². The van der Waals surface area contributed by atoms with E-state index in [1.54, 1.807) is 0 Å². The molecule has 0 amide bonds. The minimum Gasteiger partial charge on any atom is -0.456 e. The Labute approximate surface area is 396 Å². The fraction of sp³-hybridized carbons (Fsp3) is 0. The van der Waals surface area contributed by atoms with E-state index in [0.717, 1.165) is 99.5 Å². The molecule has 4 heterocycles. The van der Waals surface area contributed by atoms with Gasteiger partial charge in [-0.2, -0.15) is 0 Å². The van der Waals surface area contributed by atoms with Crippen LogP contribution in [0.4, 0.5) is 0 Å². The van der Waals surface area contributed by atoms with Gasteiger partial charge in [0.25, 0.3) is 0 Å². The van der Waals surface area contributed by atoms with Gasteiger partial charge in [0.05, 0.1) is 22.1 Å². The molecule has 0 aliphatic rings. The quantitative estimate of drug-likeness (QED) is 0.159. The van der Waals surface area contributed by atoms with Gasteiger partial charge in [-0.25, -0.2) is 15.0 Å². The van der Waals surface area contributed by atoms with Crippen LogP contribution >= 0.6 is 0 Å². The first kappa shape index (κ1) is 38.8. The van der Waals surface area contributed by atoms with Crippen molar-refractivity contribution in [3.05, 3.63) is 231 Å². The van der Waals surface area contributed by atoms with Crippen LogP contribution in [0.5, 0.6) is 0 Å². The van der Waals surface area contributed by atoms with Crippen molar-refractivity contribution in [1.82, 2.24) is 19.5 Å². The van der Waals surface area contributed by atoms with Gasteiger partial charge in [0.15, 0.2) is 17.5 Å². The van der Waals surface area contributed by atoms with E-state index in [9.17, 15) is 0 Å². The molecule has 0 aliphatic carbocycles. The van der Waals surface area contributed by atoms with E-state index in [1.165, 1.54) is 21.9 Å². The van der Waals surface area contributed by atoms with Gasteiger partial charge in [-0.1, -0.05) is 176 Å². The Balaban J connectivity index is 1.02. The van der Waals surface area contributed by atoms with Crippen molar-refractivity contribution < 1.29 is 8.83 Å². The summed E-state index contributed by atoms with van der Waals surface area (Å²) in [5, 5.41) is 6.47. The maximum atomic E-state index is 6.85. The SMILES string of the molecule is c1ccc(-c2ccc(-c3nc(-c4ccccc4)nc(-c4cc(-c5cc(-n6c7ccccc7c7cc(-c8ccccc8)ccc76)c6c(c5)oc5ccccc56)c5c(c4)oc4ccccc45)n3)cc2)cc1. The van der Waals surface area contributed by atoms with Gasteiger partial charge >= 0.3 is 0 Å². The van der Waals surface area contributed by atoms with Crippen molar-refractivity contribution >= 4 is 65.7 Å². The maximum Gasteiger partial charge on any atom is 0.164 e. The van der Waals surface area contributed by atoms with Gasteiger partial charge in [0.2, 0.25) is 0 Å². The molecule has 0 radical (unpaired) electrons. The van der Waals surface area contributed by atoms with Gasteiger partial charge in [0.1, 0.15) is 22.3 Å². The van der Waals surface area contributed by atoms with Crippen molar-refractivity contribution in [1.29, 1.82) is 0 Å². The summed E-state index contributed by atoms with van der Waals surface area (Å²) in [5.74, 6) is 1.70. The molecular formula is C63H38N4O2. The Bertz CT molecular complexity index is 4290. The van der Waals surface area contributed by atoms with E-state index >= 15 is 0 Å². The minimum atomic E-state index is 0.538. The number of furan rings is 2. The lowest BCUT2D eigenvalue weighted by molar-refractivity contribution is 0.668. The van der Waals surface area contributed by atoms with E-state index in [2.05, 4.69) is 180 Å². The largest absolute Gasteiger partial charge is 0.456 e. The molecule has 10 aromatic carbocycles. The normalized spacial score (nSPS) is 11.8. The first-order valence-corrected chi connectivity index (χ1v) is 23.2. The first-order valence-electron chi connectivity index (χ1n) is 23.2. The van der Waals surface area contributed by atoms with Crippen LogP contribution in [0.1, 0.15) is 0 Å². The number of benzene rings is 10. The molecule has 0 saturated carbocycles. The smallest absolute Gasteiger partial charge is 0.164 e. The van der Waals surface area contributed by atoms with E-state index in [-0.39, 0.29) is 0 Å². The van der Waals surface area contributed by atoms with Crippen molar-refractivity contribution in [2.24, 2.45) is 0 Å². The molecule has 0 fully saturated rings. The Hall–Kier alpha value is -9.39. The summed E-state index contributed by atoms with van der Waals surface area (Å²) in [4.78, 5) is 15.5. The number of aromatic nitrogens is 4. The topological polar surface area (TPSA) is 69.9 Å². The zero-order valence-electron chi connectivity index (χ0n) is 37.0. The van der Waals surface area contributed by atoms with Crippen LogP contribution in [-0.2, 0) is 0 Å². The van der Waals surface area contributed by atoms with Crippen LogP contribution in [0, 0.1) is 0 Å². The molecule has 69 heavy (non-hydrogen) atoms. The van der Waals surface area contributed by atoms with Gasteiger partial charge in [-0.3, -0.25) is 0 Å². The van der Waals surface area contributed by atoms with E-state index in [1.807, 2.05) is 54.6 Å². The van der Waals surface area contributed by atoms with Crippen LogP contribution in [0.2, 0.25) is 0 Å². The summed E-state index contributed by atoms with van der Waals surface area (Å²) in [6.45, 7) is 0. The lowest BCUT2D eigenvalue weighted by Crippen LogP contribution is -2.00. The highest BCUT2D eigenvalue weighted by Gasteiger charge is 2.23. The van der Waals surface area contributed by atoms with Crippen LogP contribution in [0.25, 0.3) is 139 Å². The summed E-state index contributed by atoms with van der Waals surface area (Å²) in [5.41, 5.74) is 15.5. The molecule has 0 spiro atoms. The molecular weight excluding hydrogens is 845 g/mol. The fourth-order valence-electron chi connectivity index (χ4n) is 10.2. The monoisotopic (exact) mass is 882 g/mol. The number of para-hydroxylation sites is 3. The Morgan fingerprint density at radius 3 is 1.39 bits per heavy atom. The minimum absolute atomic E-state index is 0.538. The number of rotatable bonds is 7. The van der Waals surface area contributed by atoms with Crippen LogP contribution in [-0.4, -0.2) is 19.5 Å². The van der Waals surface area contributed by atoms with Gasteiger partial charge in [0, 0.05) is 43.6 Å². The average Bonchev–Trinajstić information content (AvgIpc) is 4.10. The maximum absolute atomic E-state index is 6.85. The lowest BCUT2D eigenvalue weighted by atomic mass is 9.95. The molecule has 4 aromatic heterocycles. The lowest BCUT2D eigenvalue weighted by Gasteiger charge is -2.14. The summed E-state index contributed by atoms with van der Waals surface area (Å²) >= 11 is 0.